The molecule has 202 valence electrons. The topological polar surface area (TPSA) is 68.3 Å². The molecule has 2 amide bonds. The molecule has 0 radical (unpaired) electrons. The lowest BCUT2D eigenvalue weighted by Gasteiger charge is -2.43. The maximum absolute atomic E-state index is 13.8. The van der Waals surface area contributed by atoms with E-state index in [1.54, 1.807) is 20.8 Å². The van der Waals surface area contributed by atoms with Crippen molar-refractivity contribution in [3.05, 3.63) is 71.8 Å². The van der Waals surface area contributed by atoms with E-state index in [1.165, 1.54) is 9.80 Å². The summed E-state index contributed by atoms with van der Waals surface area (Å²) in [5.41, 5.74) is 0.975. The van der Waals surface area contributed by atoms with Crippen LogP contribution in [0.1, 0.15) is 45.2 Å². The number of halogens is 2. The molecule has 1 saturated heterocycles. The molecular formula is C28H36F2N2O5. The molecule has 9 heteroatoms. The molecular weight excluding hydrogens is 482 g/mol. The molecule has 3 rings (SSSR count). The summed E-state index contributed by atoms with van der Waals surface area (Å²) < 4.78 is 44.3. The van der Waals surface area contributed by atoms with E-state index < -0.39 is 42.5 Å². The fraction of sp³-hybridized carbons (Fsp3) is 0.500. The molecule has 0 unspecified atom stereocenters. The maximum atomic E-state index is 13.8. The van der Waals surface area contributed by atoms with Gasteiger partial charge in [0, 0.05) is 20.0 Å². The average molecular weight is 519 g/mol. The summed E-state index contributed by atoms with van der Waals surface area (Å²) in [5.74, 6) is -3.07. The lowest BCUT2D eigenvalue weighted by molar-refractivity contribution is -0.121. The maximum Gasteiger partial charge on any atom is 0.410 e. The van der Waals surface area contributed by atoms with Crippen LogP contribution in [0.15, 0.2) is 60.7 Å². The second-order valence-electron chi connectivity index (χ2n) is 10.4. The van der Waals surface area contributed by atoms with Crippen molar-refractivity contribution in [1.82, 2.24) is 9.80 Å². The number of rotatable bonds is 8. The summed E-state index contributed by atoms with van der Waals surface area (Å²) >= 11 is 0. The molecule has 7 nitrogen and oxygen atoms in total. The van der Waals surface area contributed by atoms with Crippen LogP contribution in [0.3, 0.4) is 0 Å². The van der Waals surface area contributed by atoms with Gasteiger partial charge in [-0.05, 0) is 38.3 Å². The molecule has 1 aliphatic heterocycles. The van der Waals surface area contributed by atoms with Crippen LogP contribution in [-0.2, 0) is 27.4 Å². The number of piperidine rings is 1. The Morgan fingerprint density at radius 2 is 1.57 bits per heavy atom. The van der Waals surface area contributed by atoms with Crippen LogP contribution < -0.4 is 0 Å². The Morgan fingerprint density at radius 3 is 2.14 bits per heavy atom. The predicted octanol–water partition coefficient (Wildman–Crippen LogP) is 5.88. The predicted molar refractivity (Wildman–Crippen MR) is 135 cm³/mol. The van der Waals surface area contributed by atoms with Crippen molar-refractivity contribution in [1.29, 1.82) is 0 Å². The number of carbonyl (C=O) groups is 2. The van der Waals surface area contributed by atoms with Gasteiger partial charge in [-0.15, -0.1) is 0 Å². The molecule has 0 N–H and O–H groups in total. The van der Waals surface area contributed by atoms with E-state index in [9.17, 15) is 18.4 Å². The fourth-order valence-corrected chi connectivity index (χ4v) is 4.07. The molecule has 1 heterocycles. The zero-order valence-corrected chi connectivity index (χ0v) is 21.9. The van der Waals surface area contributed by atoms with Crippen LogP contribution in [0, 0.1) is 0 Å². The molecule has 2 atom stereocenters. The third-order valence-electron chi connectivity index (χ3n) is 5.76. The summed E-state index contributed by atoms with van der Waals surface area (Å²) in [6.07, 6.45) is -1.68. The second kappa shape index (κ2) is 12.4. The van der Waals surface area contributed by atoms with Crippen molar-refractivity contribution in [3.63, 3.8) is 0 Å². The summed E-state index contributed by atoms with van der Waals surface area (Å²) in [6.45, 7) is 5.76. The first-order valence-electron chi connectivity index (χ1n) is 12.4. The highest BCUT2D eigenvalue weighted by atomic mass is 19.3. The standard InChI is InChI=1S/C28H36F2N2O5/c1-27(2,3)37-25(33)31-16-15-23(24(18-31)36-20-28(4,29)30)32(17-21-11-7-5-8-12-21)26(34)35-19-22-13-9-6-10-14-22/h5-14,23-24H,15-20H2,1-4H3/t23-,24+/m0/s1. The van der Waals surface area contributed by atoms with Crippen molar-refractivity contribution in [2.24, 2.45) is 0 Å². The monoisotopic (exact) mass is 518 g/mol. The second-order valence-corrected chi connectivity index (χ2v) is 10.4. The van der Waals surface area contributed by atoms with Crippen LogP contribution >= 0.6 is 0 Å². The normalized spacial score (nSPS) is 18.3. The number of amides is 2. The molecule has 1 fully saturated rings. The van der Waals surface area contributed by atoms with E-state index in [4.69, 9.17) is 14.2 Å². The Hall–Kier alpha value is -3.20. The lowest BCUT2D eigenvalue weighted by Crippen LogP contribution is -2.58. The largest absolute Gasteiger partial charge is 0.445 e. The zero-order chi connectivity index (χ0) is 27.1. The highest BCUT2D eigenvalue weighted by molar-refractivity contribution is 5.69. The van der Waals surface area contributed by atoms with E-state index in [-0.39, 0.29) is 26.2 Å². The molecule has 0 saturated carbocycles. The first-order chi connectivity index (χ1) is 17.4. The van der Waals surface area contributed by atoms with Crippen molar-refractivity contribution < 1.29 is 32.6 Å². The van der Waals surface area contributed by atoms with E-state index in [0.717, 1.165) is 18.1 Å². The minimum Gasteiger partial charge on any atom is -0.445 e. The number of ether oxygens (including phenoxy) is 3. The highest BCUT2D eigenvalue weighted by Gasteiger charge is 2.41. The van der Waals surface area contributed by atoms with Gasteiger partial charge in [-0.2, -0.15) is 0 Å². The number of hydrogen-bond donors (Lipinski definition) is 0. The molecule has 2 aromatic rings. The van der Waals surface area contributed by atoms with Crippen molar-refractivity contribution in [2.45, 2.75) is 70.9 Å². The summed E-state index contributed by atoms with van der Waals surface area (Å²) in [6, 6.07) is 18.0. The van der Waals surface area contributed by atoms with Gasteiger partial charge in [0.2, 0.25) is 0 Å². The van der Waals surface area contributed by atoms with Crippen LogP contribution in [-0.4, -0.2) is 65.4 Å². The zero-order valence-electron chi connectivity index (χ0n) is 21.9. The van der Waals surface area contributed by atoms with Gasteiger partial charge in [-0.1, -0.05) is 60.7 Å². The Kier molecular flexibility index (Phi) is 9.48. The number of nitrogens with zero attached hydrogens (tertiary/aromatic N) is 2. The Labute approximate surface area is 217 Å². The third-order valence-corrected chi connectivity index (χ3v) is 5.76. The average Bonchev–Trinajstić information content (AvgIpc) is 2.84. The summed E-state index contributed by atoms with van der Waals surface area (Å²) in [7, 11) is 0. The quantitative estimate of drug-likeness (QED) is 0.437. The highest BCUT2D eigenvalue weighted by Crippen LogP contribution is 2.26. The van der Waals surface area contributed by atoms with Gasteiger partial charge in [-0.25, -0.2) is 18.4 Å². The van der Waals surface area contributed by atoms with E-state index >= 15 is 0 Å². The van der Waals surface area contributed by atoms with Gasteiger partial charge in [0.1, 0.15) is 18.8 Å². The minimum absolute atomic E-state index is 0.00686. The van der Waals surface area contributed by atoms with E-state index in [0.29, 0.717) is 6.42 Å². The lowest BCUT2D eigenvalue weighted by atomic mass is 9.99. The number of likely N-dealkylation sites (tertiary alicyclic amines) is 1. The Bertz CT molecular complexity index is 1010. The third kappa shape index (κ3) is 9.31. The smallest absolute Gasteiger partial charge is 0.410 e. The fourth-order valence-electron chi connectivity index (χ4n) is 4.07. The summed E-state index contributed by atoms with van der Waals surface area (Å²) in [4.78, 5) is 29.0. The molecule has 37 heavy (non-hydrogen) atoms. The Morgan fingerprint density at radius 1 is 0.973 bits per heavy atom. The van der Waals surface area contributed by atoms with Gasteiger partial charge in [0.15, 0.2) is 0 Å². The van der Waals surface area contributed by atoms with E-state index in [2.05, 4.69) is 0 Å². The van der Waals surface area contributed by atoms with Gasteiger partial charge in [0.25, 0.3) is 5.92 Å². The van der Waals surface area contributed by atoms with Gasteiger partial charge < -0.3 is 19.1 Å². The SMILES string of the molecule is CC(F)(F)CO[C@@H]1CN(C(=O)OC(C)(C)C)CC[C@@H]1N(Cc1ccccc1)C(=O)OCc1ccccc1. The first kappa shape index (κ1) is 28.4. The minimum atomic E-state index is -3.07. The van der Waals surface area contributed by atoms with Gasteiger partial charge in [0.05, 0.1) is 18.7 Å². The molecule has 0 aromatic heterocycles. The number of carbonyl (C=O) groups excluding carboxylic acids is 2. The van der Waals surface area contributed by atoms with Crippen molar-refractivity contribution in [3.8, 4) is 0 Å². The number of benzene rings is 2. The molecule has 1 aliphatic rings. The molecule has 0 bridgehead atoms. The van der Waals surface area contributed by atoms with Crippen LogP contribution in [0.4, 0.5) is 18.4 Å². The Balaban J connectivity index is 1.83. The van der Waals surface area contributed by atoms with Crippen LogP contribution in [0.2, 0.25) is 0 Å². The molecule has 2 aromatic carbocycles. The van der Waals surface area contributed by atoms with Gasteiger partial charge in [-0.3, -0.25) is 4.90 Å². The van der Waals surface area contributed by atoms with Crippen molar-refractivity contribution in [2.75, 3.05) is 19.7 Å². The van der Waals surface area contributed by atoms with Crippen LogP contribution in [0.25, 0.3) is 0 Å². The first-order valence-corrected chi connectivity index (χ1v) is 12.4. The summed E-state index contributed by atoms with van der Waals surface area (Å²) in [5, 5.41) is 0. The molecule has 0 spiro atoms. The van der Waals surface area contributed by atoms with Crippen molar-refractivity contribution >= 4 is 12.2 Å². The van der Waals surface area contributed by atoms with E-state index in [1.807, 2.05) is 60.7 Å². The number of hydrogen-bond acceptors (Lipinski definition) is 5. The van der Waals surface area contributed by atoms with Crippen LogP contribution in [0.5, 0.6) is 0 Å². The molecule has 0 aliphatic carbocycles. The van der Waals surface area contributed by atoms with Gasteiger partial charge >= 0.3 is 12.2 Å². The number of alkyl halides is 2.